The number of anilines is 2. The van der Waals surface area contributed by atoms with Crippen LogP contribution in [0.15, 0.2) is 60.8 Å². The van der Waals surface area contributed by atoms with Crippen molar-refractivity contribution in [2.24, 2.45) is 0 Å². The number of nitrogens with zero attached hydrogens (tertiary/aromatic N) is 2. The maximum Gasteiger partial charge on any atom is 0.278 e. The third kappa shape index (κ3) is 3.87. The first-order chi connectivity index (χ1) is 14.4. The van der Waals surface area contributed by atoms with Gasteiger partial charge in [0.05, 0.1) is 19.8 Å². The molecule has 2 aromatic rings. The highest BCUT2D eigenvalue weighted by Gasteiger charge is 2.38. The fourth-order valence-electron chi connectivity index (χ4n) is 3.23. The minimum atomic E-state index is -0.402. The molecule has 0 saturated carbocycles. The van der Waals surface area contributed by atoms with Gasteiger partial charge in [0.15, 0.2) is 11.5 Å². The lowest BCUT2D eigenvalue weighted by Gasteiger charge is -2.14. The molecular formula is C23H25N3O4. The number of carbonyl (C=O) groups is 2. The predicted octanol–water partition coefficient (Wildman–Crippen LogP) is 3.15. The smallest absolute Gasteiger partial charge is 0.278 e. The van der Waals surface area contributed by atoms with Crippen molar-refractivity contribution in [3.05, 3.63) is 66.4 Å². The van der Waals surface area contributed by atoms with Crippen LogP contribution in [-0.4, -0.2) is 51.6 Å². The van der Waals surface area contributed by atoms with Crippen LogP contribution in [-0.2, 0) is 9.59 Å². The first-order valence-electron chi connectivity index (χ1n) is 9.39. The second-order valence-corrected chi connectivity index (χ2v) is 6.90. The Kier molecular flexibility index (Phi) is 6.11. The van der Waals surface area contributed by atoms with Gasteiger partial charge in [0.25, 0.3) is 11.8 Å². The van der Waals surface area contributed by atoms with Crippen molar-refractivity contribution in [3.8, 4) is 11.5 Å². The van der Waals surface area contributed by atoms with Crippen molar-refractivity contribution < 1.29 is 19.1 Å². The zero-order valence-electron chi connectivity index (χ0n) is 17.6. The van der Waals surface area contributed by atoms with E-state index in [4.69, 9.17) is 9.47 Å². The first-order valence-corrected chi connectivity index (χ1v) is 9.39. The van der Waals surface area contributed by atoms with E-state index in [1.54, 1.807) is 18.2 Å². The molecule has 0 saturated heterocycles. The molecule has 1 aliphatic rings. The minimum absolute atomic E-state index is 0.124. The summed E-state index contributed by atoms with van der Waals surface area (Å²) in [7, 11) is 6.96. The average Bonchev–Trinajstić information content (AvgIpc) is 2.98. The van der Waals surface area contributed by atoms with E-state index in [0.29, 0.717) is 22.7 Å². The van der Waals surface area contributed by atoms with E-state index in [1.807, 2.05) is 43.3 Å². The van der Waals surface area contributed by atoms with Gasteiger partial charge in [-0.15, -0.1) is 6.58 Å². The Hall–Kier alpha value is -3.74. The molecule has 7 heteroatoms. The third-order valence-corrected chi connectivity index (χ3v) is 4.80. The Morgan fingerprint density at radius 2 is 1.67 bits per heavy atom. The van der Waals surface area contributed by atoms with Crippen molar-refractivity contribution in [2.45, 2.75) is 0 Å². The Balaban J connectivity index is 2.07. The Morgan fingerprint density at radius 1 is 1.00 bits per heavy atom. The summed E-state index contributed by atoms with van der Waals surface area (Å²) in [4.78, 5) is 29.2. The maximum atomic E-state index is 13.1. The van der Waals surface area contributed by atoms with E-state index >= 15 is 0 Å². The fraction of sp³-hybridized carbons (Fsp3) is 0.217. The monoisotopic (exact) mass is 407 g/mol. The lowest BCUT2D eigenvalue weighted by molar-refractivity contribution is -0.136. The van der Waals surface area contributed by atoms with Crippen molar-refractivity contribution in [1.29, 1.82) is 0 Å². The van der Waals surface area contributed by atoms with Crippen molar-refractivity contribution in [1.82, 2.24) is 4.90 Å². The summed E-state index contributed by atoms with van der Waals surface area (Å²) in [6.45, 7) is 3.77. The predicted molar refractivity (Wildman–Crippen MR) is 118 cm³/mol. The van der Waals surface area contributed by atoms with E-state index < -0.39 is 5.91 Å². The molecule has 7 nitrogen and oxygen atoms in total. The largest absolute Gasteiger partial charge is 0.493 e. The summed E-state index contributed by atoms with van der Waals surface area (Å²) in [5.74, 6) is 0.218. The zero-order chi connectivity index (χ0) is 21.8. The normalized spacial score (nSPS) is 13.5. The lowest BCUT2D eigenvalue weighted by atomic mass is 10.0. The number of rotatable bonds is 8. The molecular weight excluding hydrogens is 382 g/mol. The van der Waals surface area contributed by atoms with E-state index in [-0.39, 0.29) is 23.7 Å². The maximum absolute atomic E-state index is 13.1. The van der Waals surface area contributed by atoms with Gasteiger partial charge >= 0.3 is 0 Å². The Bertz CT molecular complexity index is 1010. The van der Waals surface area contributed by atoms with Gasteiger partial charge in [-0.2, -0.15) is 0 Å². The van der Waals surface area contributed by atoms with Gasteiger partial charge < -0.3 is 19.7 Å². The van der Waals surface area contributed by atoms with Crippen LogP contribution in [0, 0.1) is 0 Å². The van der Waals surface area contributed by atoms with Crippen LogP contribution in [0.25, 0.3) is 5.57 Å². The average molecular weight is 407 g/mol. The number of hydrogen-bond donors (Lipinski definition) is 1. The van der Waals surface area contributed by atoms with Gasteiger partial charge in [-0.25, -0.2) is 0 Å². The Morgan fingerprint density at radius 3 is 2.23 bits per heavy atom. The molecule has 0 atom stereocenters. The van der Waals surface area contributed by atoms with E-state index in [0.717, 1.165) is 10.6 Å². The number of methoxy groups -OCH3 is 2. The lowest BCUT2D eigenvalue weighted by Crippen LogP contribution is -2.32. The molecule has 0 spiro atoms. The summed E-state index contributed by atoms with van der Waals surface area (Å²) in [6.07, 6.45) is 1.52. The fourth-order valence-corrected chi connectivity index (χ4v) is 3.23. The summed E-state index contributed by atoms with van der Waals surface area (Å²) >= 11 is 0. The molecule has 1 heterocycles. The van der Waals surface area contributed by atoms with Crippen LogP contribution in [0.2, 0.25) is 0 Å². The van der Waals surface area contributed by atoms with Crippen molar-refractivity contribution in [3.63, 3.8) is 0 Å². The quantitative estimate of drug-likeness (QED) is 0.536. The van der Waals surface area contributed by atoms with Crippen LogP contribution in [0.1, 0.15) is 5.56 Å². The van der Waals surface area contributed by atoms with Gasteiger partial charge in [-0.1, -0.05) is 12.1 Å². The zero-order valence-corrected chi connectivity index (χ0v) is 17.6. The van der Waals surface area contributed by atoms with Gasteiger partial charge in [-0.3, -0.25) is 14.5 Å². The number of nitrogens with one attached hydrogen (secondary N) is 1. The van der Waals surface area contributed by atoms with Gasteiger partial charge in [0.1, 0.15) is 5.70 Å². The number of imide groups is 1. The molecule has 2 aromatic carbocycles. The number of carbonyl (C=O) groups excluding carboxylic acids is 2. The molecule has 0 radical (unpaired) electrons. The first kappa shape index (κ1) is 21.0. The summed E-state index contributed by atoms with van der Waals surface area (Å²) in [6, 6.07) is 12.7. The Labute approximate surface area is 176 Å². The molecule has 3 rings (SSSR count). The van der Waals surface area contributed by atoms with Gasteiger partial charge in [0.2, 0.25) is 0 Å². The molecule has 0 unspecified atom stereocenters. The highest BCUT2D eigenvalue weighted by molar-refractivity contribution is 6.36. The minimum Gasteiger partial charge on any atom is -0.493 e. The summed E-state index contributed by atoms with van der Waals surface area (Å²) < 4.78 is 10.6. The standard InChI is InChI=1S/C23H25N3O4/c1-6-13-26-22(27)20(15-7-12-18(29-4)19(14-15)30-5)21(23(26)28)24-16-8-10-17(11-9-16)25(2)3/h6-12,14,24H,1,13H2,2-5H3. The van der Waals surface area contributed by atoms with Crippen molar-refractivity contribution in [2.75, 3.05) is 45.1 Å². The van der Waals surface area contributed by atoms with Crippen LogP contribution in [0.3, 0.4) is 0 Å². The second-order valence-electron chi connectivity index (χ2n) is 6.90. The molecule has 156 valence electrons. The van der Waals surface area contributed by atoms with Crippen LogP contribution in [0.5, 0.6) is 11.5 Å². The van der Waals surface area contributed by atoms with Crippen molar-refractivity contribution >= 4 is 28.8 Å². The third-order valence-electron chi connectivity index (χ3n) is 4.80. The molecule has 1 aliphatic heterocycles. The highest BCUT2D eigenvalue weighted by atomic mass is 16.5. The second kappa shape index (κ2) is 8.73. The van der Waals surface area contributed by atoms with E-state index in [2.05, 4.69) is 11.9 Å². The summed E-state index contributed by atoms with van der Waals surface area (Å²) in [5.41, 5.74) is 2.78. The number of benzene rings is 2. The number of amides is 2. The molecule has 0 fully saturated rings. The molecule has 0 aliphatic carbocycles. The van der Waals surface area contributed by atoms with E-state index in [9.17, 15) is 9.59 Å². The van der Waals surface area contributed by atoms with E-state index in [1.165, 1.54) is 20.3 Å². The van der Waals surface area contributed by atoms with Crippen LogP contribution in [0.4, 0.5) is 11.4 Å². The molecule has 30 heavy (non-hydrogen) atoms. The SMILES string of the molecule is C=CCN1C(=O)C(Nc2ccc(N(C)C)cc2)=C(c2ccc(OC)c(OC)c2)C1=O. The molecule has 1 N–H and O–H groups in total. The number of ether oxygens (including phenoxy) is 2. The summed E-state index contributed by atoms with van der Waals surface area (Å²) in [5, 5.41) is 3.13. The molecule has 2 amide bonds. The van der Waals surface area contributed by atoms with Crippen LogP contribution >= 0.6 is 0 Å². The molecule has 0 aromatic heterocycles. The van der Waals surface area contributed by atoms with Gasteiger partial charge in [0, 0.05) is 32.0 Å². The number of hydrogen-bond acceptors (Lipinski definition) is 6. The van der Waals surface area contributed by atoms with Gasteiger partial charge in [-0.05, 0) is 42.0 Å². The highest BCUT2D eigenvalue weighted by Crippen LogP contribution is 2.35. The molecule has 0 bridgehead atoms. The van der Waals surface area contributed by atoms with Crippen LogP contribution < -0.4 is 19.7 Å². The topological polar surface area (TPSA) is 71.1 Å².